The van der Waals surface area contributed by atoms with Gasteiger partial charge in [-0.15, -0.1) is 0 Å². The van der Waals surface area contributed by atoms with Gasteiger partial charge >= 0.3 is 0 Å². The summed E-state index contributed by atoms with van der Waals surface area (Å²) < 4.78 is 0. The monoisotopic (exact) mass is 251 g/mol. The van der Waals surface area contributed by atoms with Gasteiger partial charge < -0.3 is 10.0 Å². The van der Waals surface area contributed by atoms with E-state index in [0.717, 1.165) is 18.4 Å². The fraction of sp³-hybridized carbons (Fsp3) is 1.00. The molecule has 0 saturated carbocycles. The highest BCUT2D eigenvalue weighted by Gasteiger charge is 2.14. The largest absolute Gasteiger partial charge is 0.389 e. The molecule has 0 spiro atoms. The molecule has 80 valence electrons. The van der Waals surface area contributed by atoms with Gasteiger partial charge in [-0.05, 0) is 40.3 Å². The second-order valence-corrected chi connectivity index (χ2v) is 5.09. The summed E-state index contributed by atoms with van der Waals surface area (Å²) in [4.78, 5) is 2.19. The van der Waals surface area contributed by atoms with E-state index < -0.39 is 5.60 Å². The van der Waals surface area contributed by atoms with Gasteiger partial charge in [0.15, 0.2) is 0 Å². The minimum absolute atomic E-state index is 0.565. The predicted octanol–water partition coefficient (Wildman–Crippen LogP) is 2.25. The molecule has 0 aromatic heterocycles. The molecule has 0 unspecified atom stereocenters. The van der Waals surface area contributed by atoms with Gasteiger partial charge in [0, 0.05) is 11.9 Å². The fourth-order valence-corrected chi connectivity index (χ4v) is 1.79. The van der Waals surface area contributed by atoms with Gasteiger partial charge in [-0.3, -0.25) is 0 Å². The van der Waals surface area contributed by atoms with Gasteiger partial charge in [0.1, 0.15) is 0 Å². The summed E-state index contributed by atoms with van der Waals surface area (Å²) in [5.41, 5.74) is -0.565. The second kappa shape index (κ2) is 6.80. The van der Waals surface area contributed by atoms with Crippen LogP contribution in [0.3, 0.4) is 0 Å². The Labute approximate surface area is 90.4 Å². The molecule has 0 heterocycles. The van der Waals surface area contributed by atoms with E-state index in [-0.39, 0.29) is 0 Å². The van der Waals surface area contributed by atoms with Crippen LogP contribution in [0.15, 0.2) is 0 Å². The van der Waals surface area contributed by atoms with Crippen LogP contribution in [0.4, 0.5) is 0 Å². The van der Waals surface area contributed by atoms with Crippen molar-refractivity contribution in [2.45, 2.75) is 38.7 Å². The molecule has 0 saturated heterocycles. The Morgan fingerprint density at radius 3 is 2.31 bits per heavy atom. The summed E-state index contributed by atoms with van der Waals surface area (Å²) in [6, 6.07) is 0. The highest BCUT2D eigenvalue weighted by atomic mass is 79.9. The third kappa shape index (κ3) is 10.3. The van der Waals surface area contributed by atoms with E-state index in [1.54, 1.807) is 0 Å². The molecule has 3 heteroatoms. The number of hydrogen-bond acceptors (Lipinski definition) is 2. The van der Waals surface area contributed by atoms with Crippen LogP contribution in [-0.4, -0.2) is 41.1 Å². The van der Waals surface area contributed by atoms with Gasteiger partial charge in [0.25, 0.3) is 0 Å². The molecule has 0 amide bonds. The molecule has 0 bridgehead atoms. The normalized spacial score (nSPS) is 12.5. The van der Waals surface area contributed by atoms with E-state index in [9.17, 15) is 5.11 Å². The van der Waals surface area contributed by atoms with Crippen molar-refractivity contribution in [3.05, 3.63) is 0 Å². The van der Waals surface area contributed by atoms with Gasteiger partial charge in [0.05, 0.1) is 5.60 Å². The third-order valence-corrected chi connectivity index (χ3v) is 2.39. The van der Waals surface area contributed by atoms with E-state index in [2.05, 4.69) is 27.9 Å². The van der Waals surface area contributed by atoms with Crippen molar-refractivity contribution in [3.63, 3.8) is 0 Å². The van der Waals surface area contributed by atoms with Crippen LogP contribution in [0.25, 0.3) is 0 Å². The lowest BCUT2D eigenvalue weighted by Gasteiger charge is -2.25. The SMILES string of the molecule is CN(CCCCCBr)CC(C)(C)O. The molecular weight excluding hydrogens is 230 g/mol. The molecule has 0 aromatic rings. The van der Waals surface area contributed by atoms with E-state index in [4.69, 9.17) is 0 Å². The molecule has 0 aliphatic rings. The lowest BCUT2D eigenvalue weighted by molar-refractivity contribution is 0.0442. The average molecular weight is 252 g/mol. The molecule has 0 atom stereocenters. The lowest BCUT2D eigenvalue weighted by Crippen LogP contribution is -2.36. The maximum atomic E-state index is 9.54. The van der Waals surface area contributed by atoms with Crippen molar-refractivity contribution >= 4 is 15.9 Å². The summed E-state index contributed by atoms with van der Waals surface area (Å²) in [5, 5.41) is 10.6. The van der Waals surface area contributed by atoms with Gasteiger partial charge in [0.2, 0.25) is 0 Å². The lowest BCUT2D eigenvalue weighted by atomic mass is 10.1. The number of unbranched alkanes of at least 4 members (excludes halogenated alkanes) is 2. The standard InChI is InChI=1S/C10H22BrNO/c1-10(2,13)9-12(3)8-6-4-5-7-11/h13H,4-9H2,1-3H3. The number of aliphatic hydroxyl groups is 1. The predicted molar refractivity (Wildman–Crippen MR) is 61.4 cm³/mol. The van der Waals surface area contributed by atoms with Crippen molar-refractivity contribution in [3.8, 4) is 0 Å². The highest BCUT2D eigenvalue weighted by Crippen LogP contribution is 2.05. The molecular formula is C10H22BrNO. The Bertz CT molecular complexity index is 123. The Kier molecular flexibility index (Phi) is 7.00. The maximum Gasteiger partial charge on any atom is 0.0718 e. The summed E-state index contributed by atoms with van der Waals surface area (Å²) in [7, 11) is 2.06. The summed E-state index contributed by atoms with van der Waals surface area (Å²) in [5.74, 6) is 0. The molecule has 0 rings (SSSR count). The van der Waals surface area contributed by atoms with E-state index in [1.165, 1.54) is 19.3 Å². The summed E-state index contributed by atoms with van der Waals surface area (Å²) >= 11 is 3.41. The first-order valence-electron chi connectivity index (χ1n) is 4.92. The van der Waals surface area contributed by atoms with Crippen molar-refractivity contribution in [2.24, 2.45) is 0 Å². The molecule has 13 heavy (non-hydrogen) atoms. The zero-order valence-corrected chi connectivity index (χ0v) is 10.6. The number of halogens is 1. The minimum Gasteiger partial charge on any atom is -0.389 e. The van der Waals surface area contributed by atoms with Crippen LogP contribution in [0, 0.1) is 0 Å². The Balaban J connectivity index is 3.35. The summed E-state index contributed by atoms with van der Waals surface area (Å²) in [6.45, 7) is 5.53. The maximum absolute atomic E-state index is 9.54. The van der Waals surface area contributed by atoms with Gasteiger partial charge in [-0.1, -0.05) is 22.4 Å². The van der Waals surface area contributed by atoms with E-state index in [0.29, 0.717) is 0 Å². The minimum atomic E-state index is -0.565. The zero-order valence-electron chi connectivity index (χ0n) is 9.02. The number of nitrogens with zero attached hydrogens (tertiary/aromatic N) is 1. The smallest absolute Gasteiger partial charge is 0.0718 e. The molecule has 2 nitrogen and oxygen atoms in total. The average Bonchev–Trinajstić information content (AvgIpc) is 1.94. The Morgan fingerprint density at radius 2 is 1.85 bits per heavy atom. The molecule has 0 aromatic carbocycles. The first-order valence-corrected chi connectivity index (χ1v) is 6.05. The van der Waals surface area contributed by atoms with Crippen LogP contribution >= 0.6 is 15.9 Å². The van der Waals surface area contributed by atoms with Crippen molar-refractivity contribution in [2.75, 3.05) is 25.5 Å². The molecule has 0 aliphatic heterocycles. The van der Waals surface area contributed by atoms with Crippen LogP contribution in [0.5, 0.6) is 0 Å². The first-order chi connectivity index (χ1) is 5.95. The highest BCUT2D eigenvalue weighted by molar-refractivity contribution is 9.09. The quantitative estimate of drug-likeness (QED) is 0.555. The van der Waals surface area contributed by atoms with Crippen LogP contribution in [0.1, 0.15) is 33.1 Å². The number of likely N-dealkylation sites (N-methyl/N-ethyl adjacent to an activating group) is 1. The third-order valence-electron chi connectivity index (χ3n) is 1.83. The zero-order chi connectivity index (χ0) is 10.3. The van der Waals surface area contributed by atoms with E-state index >= 15 is 0 Å². The van der Waals surface area contributed by atoms with Crippen LogP contribution in [-0.2, 0) is 0 Å². The number of alkyl halides is 1. The van der Waals surface area contributed by atoms with Crippen molar-refractivity contribution in [1.29, 1.82) is 0 Å². The second-order valence-electron chi connectivity index (χ2n) is 4.30. The van der Waals surface area contributed by atoms with Crippen molar-refractivity contribution in [1.82, 2.24) is 4.90 Å². The summed E-state index contributed by atoms with van der Waals surface area (Å²) in [6.07, 6.45) is 3.73. The van der Waals surface area contributed by atoms with Gasteiger partial charge in [-0.2, -0.15) is 0 Å². The molecule has 1 N–H and O–H groups in total. The molecule has 0 fully saturated rings. The number of rotatable bonds is 7. The van der Waals surface area contributed by atoms with Gasteiger partial charge in [-0.25, -0.2) is 0 Å². The number of hydrogen-bond donors (Lipinski definition) is 1. The topological polar surface area (TPSA) is 23.5 Å². The van der Waals surface area contributed by atoms with Crippen LogP contribution < -0.4 is 0 Å². The first kappa shape index (κ1) is 13.4. The van der Waals surface area contributed by atoms with Crippen LogP contribution in [0.2, 0.25) is 0 Å². The Morgan fingerprint density at radius 1 is 1.23 bits per heavy atom. The van der Waals surface area contributed by atoms with Crippen molar-refractivity contribution < 1.29 is 5.11 Å². The fourth-order valence-electron chi connectivity index (χ4n) is 1.39. The van der Waals surface area contributed by atoms with E-state index in [1.807, 2.05) is 13.8 Å². The molecule has 0 radical (unpaired) electrons. The molecule has 0 aliphatic carbocycles. The Hall–Kier alpha value is 0.400.